The molecule has 0 unspecified atom stereocenters. The third-order valence-electron chi connectivity index (χ3n) is 3.88. The maximum Gasteiger partial charge on any atom is 0.308 e. The zero-order chi connectivity index (χ0) is 15.5. The molecule has 1 fully saturated rings. The molecule has 0 bridgehead atoms. The highest BCUT2D eigenvalue weighted by molar-refractivity contribution is 5.71. The largest absolute Gasteiger partial charge is 0.481 e. The second kappa shape index (κ2) is 6.01. The number of carboxylic acid groups (broad SMARTS) is 1. The average Bonchev–Trinajstić information content (AvgIpc) is 2.56. The van der Waals surface area contributed by atoms with Crippen molar-refractivity contribution in [2.45, 2.75) is 12.8 Å². The van der Waals surface area contributed by atoms with Gasteiger partial charge in [-0.1, -0.05) is 18.2 Å². The molecule has 114 valence electrons. The molecule has 1 aromatic carbocycles. The molecular weight excluding hydrogens is 282 g/mol. The van der Waals surface area contributed by atoms with Crippen molar-refractivity contribution < 1.29 is 9.90 Å². The number of anilines is 1. The van der Waals surface area contributed by atoms with E-state index in [0.717, 1.165) is 13.0 Å². The van der Waals surface area contributed by atoms with Crippen molar-refractivity contribution in [2.75, 3.05) is 18.0 Å². The Morgan fingerprint density at radius 2 is 1.95 bits per heavy atom. The Bertz CT molecular complexity index is 727. The summed E-state index contributed by atoms with van der Waals surface area (Å²) in [6.45, 7) is 1.18. The lowest BCUT2D eigenvalue weighted by Gasteiger charge is -2.31. The van der Waals surface area contributed by atoms with E-state index in [1.165, 1.54) is 10.7 Å². The summed E-state index contributed by atoms with van der Waals surface area (Å²) in [5.74, 6) is -0.525. The van der Waals surface area contributed by atoms with Crippen LogP contribution in [-0.4, -0.2) is 33.9 Å². The van der Waals surface area contributed by atoms with Crippen LogP contribution in [0.2, 0.25) is 0 Å². The van der Waals surface area contributed by atoms with E-state index in [1.54, 1.807) is 6.07 Å². The van der Waals surface area contributed by atoms with Crippen LogP contribution in [0.15, 0.2) is 47.3 Å². The lowest BCUT2D eigenvalue weighted by molar-refractivity contribution is -0.141. The molecule has 22 heavy (non-hydrogen) atoms. The molecule has 0 amide bonds. The van der Waals surface area contributed by atoms with Gasteiger partial charge in [0.15, 0.2) is 0 Å². The molecule has 1 N–H and O–H groups in total. The maximum absolute atomic E-state index is 12.0. The van der Waals surface area contributed by atoms with Crippen molar-refractivity contribution in [1.29, 1.82) is 0 Å². The van der Waals surface area contributed by atoms with Gasteiger partial charge in [0.2, 0.25) is 0 Å². The summed E-state index contributed by atoms with van der Waals surface area (Å²) < 4.78 is 1.35. The summed E-state index contributed by atoms with van der Waals surface area (Å²) in [5, 5.41) is 13.6. The third kappa shape index (κ3) is 2.86. The fourth-order valence-corrected chi connectivity index (χ4v) is 2.71. The molecule has 2 heterocycles. The zero-order valence-corrected chi connectivity index (χ0v) is 12.1. The van der Waals surface area contributed by atoms with Gasteiger partial charge in [-0.05, 0) is 31.0 Å². The highest BCUT2D eigenvalue weighted by Crippen LogP contribution is 2.21. The first-order chi connectivity index (χ1) is 10.6. The minimum absolute atomic E-state index is 0.207. The minimum atomic E-state index is -0.777. The lowest BCUT2D eigenvalue weighted by Crippen LogP contribution is -2.40. The molecule has 2 aromatic rings. The van der Waals surface area contributed by atoms with Crippen molar-refractivity contribution >= 4 is 11.8 Å². The van der Waals surface area contributed by atoms with Gasteiger partial charge < -0.3 is 10.0 Å². The van der Waals surface area contributed by atoms with Gasteiger partial charge in [-0.25, -0.2) is 0 Å². The van der Waals surface area contributed by atoms with E-state index in [4.69, 9.17) is 0 Å². The SMILES string of the molecule is O=C(O)[C@@H]1CCCN(c2ccc(=O)n(-c3ccccc3)n2)C1. The fourth-order valence-electron chi connectivity index (χ4n) is 2.71. The monoisotopic (exact) mass is 299 g/mol. The lowest BCUT2D eigenvalue weighted by atomic mass is 9.98. The first-order valence-corrected chi connectivity index (χ1v) is 7.29. The average molecular weight is 299 g/mol. The Kier molecular flexibility index (Phi) is 3.91. The molecule has 6 nitrogen and oxygen atoms in total. The van der Waals surface area contributed by atoms with Gasteiger partial charge in [0.05, 0.1) is 11.6 Å². The molecule has 1 aromatic heterocycles. The fraction of sp³-hybridized carbons (Fsp3) is 0.312. The summed E-state index contributed by atoms with van der Waals surface area (Å²) in [7, 11) is 0. The number of hydrogen-bond donors (Lipinski definition) is 1. The highest BCUT2D eigenvalue weighted by atomic mass is 16.4. The second-order valence-corrected chi connectivity index (χ2v) is 5.40. The molecule has 0 radical (unpaired) electrons. The van der Waals surface area contributed by atoms with Gasteiger partial charge in [0.1, 0.15) is 5.82 Å². The van der Waals surface area contributed by atoms with E-state index >= 15 is 0 Å². The number of carboxylic acids is 1. The zero-order valence-electron chi connectivity index (χ0n) is 12.1. The summed E-state index contributed by atoms with van der Waals surface area (Å²) in [6.07, 6.45) is 1.49. The van der Waals surface area contributed by atoms with Gasteiger partial charge in [0.25, 0.3) is 5.56 Å². The summed E-state index contributed by atoms with van der Waals surface area (Å²) in [6, 6.07) is 12.3. The Morgan fingerprint density at radius 3 is 2.68 bits per heavy atom. The van der Waals surface area contributed by atoms with Crippen molar-refractivity contribution in [3.63, 3.8) is 0 Å². The Balaban J connectivity index is 1.92. The second-order valence-electron chi connectivity index (χ2n) is 5.40. The Labute approximate surface area is 127 Å². The molecule has 1 atom stereocenters. The normalized spacial score (nSPS) is 18.2. The van der Waals surface area contributed by atoms with Crippen molar-refractivity contribution in [3.8, 4) is 5.69 Å². The van der Waals surface area contributed by atoms with E-state index in [2.05, 4.69) is 5.10 Å². The number of aliphatic carboxylic acids is 1. The summed E-state index contributed by atoms with van der Waals surface area (Å²) in [4.78, 5) is 25.1. The van der Waals surface area contributed by atoms with Crippen LogP contribution in [0.3, 0.4) is 0 Å². The summed E-state index contributed by atoms with van der Waals surface area (Å²) >= 11 is 0. The van der Waals surface area contributed by atoms with Crippen LogP contribution in [0.25, 0.3) is 5.69 Å². The van der Waals surface area contributed by atoms with E-state index < -0.39 is 5.97 Å². The molecular formula is C16H17N3O3. The number of benzene rings is 1. The molecule has 0 saturated carbocycles. The number of hydrogen-bond acceptors (Lipinski definition) is 4. The van der Waals surface area contributed by atoms with Crippen LogP contribution >= 0.6 is 0 Å². The van der Waals surface area contributed by atoms with Crippen LogP contribution in [0.4, 0.5) is 5.82 Å². The molecule has 1 saturated heterocycles. The Morgan fingerprint density at radius 1 is 1.18 bits per heavy atom. The number of para-hydroxylation sites is 1. The van der Waals surface area contributed by atoms with Crippen LogP contribution in [0.5, 0.6) is 0 Å². The van der Waals surface area contributed by atoms with E-state index in [0.29, 0.717) is 24.5 Å². The molecule has 0 aliphatic carbocycles. The number of rotatable bonds is 3. The number of carbonyl (C=O) groups is 1. The van der Waals surface area contributed by atoms with Gasteiger partial charge in [-0.3, -0.25) is 9.59 Å². The Hall–Kier alpha value is -2.63. The van der Waals surface area contributed by atoms with Crippen molar-refractivity contribution in [3.05, 3.63) is 52.8 Å². The summed E-state index contributed by atoms with van der Waals surface area (Å²) in [5.41, 5.74) is 0.489. The van der Waals surface area contributed by atoms with Crippen LogP contribution in [0, 0.1) is 5.92 Å². The predicted molar refractivity (Wildman–Crippen MR) is 82.4 cm³/mol. The van der Waals surface area contributed by atoms with E-state index in [9.17, 15) is 14.7 Å². The van der Waals surface area contributed by atoms with Gasteiger partial charge in [-0.15, -0.1) is 5.10 Å². The highest BCUT2D eigenvalue weighted by Gasteiger charge is 2.26. The molecule has 0 spiro atoms. The molecule has 1 aliphatic rings. The first-order valence-electron chi connectivity index (χ1n) is 7.29. The van der Waals surface area contributed by atoms with Crippen molar-refractivity contribution in [1.82, 2.24) is 9.78 Å². The number of aromatic nitrogens is 2. The molecule has 3 rings (SSSR count). The standard InChI is InChI=1S/C16H17N3O3/c20-15-9-8-14(17-19(15)13-6-2-1-3-7-13)18-10-4-5-12(11-18)16(21)22/h1-3,6-9,12H,4-5,10-11H2,(H,21,22)/t12-/m1/s1. The van der Waals surface area contributed by atoms with E-state index in [1.807, 2.05) is 35.2 Å². The van der Waals surface area contributed by atoms with Gasteiger partial charge in [-0.2, -0.15) is 4.68 Å². The van der Waals surface area contributed by atoms with Crippen LogP contribution in [-0.2, 0) is 4.79 Å². The quantitative estimate of drug-likeness (QED) is 0.930. The third-order valence-corrected chi connectivity index (χ3v) is 3.88. The molecule has 6 heteroatoms. The first kappa shape index (κ1) is 14.3. The smallest absolute Gasteiger partial charge is 0.308 e. The van der Waals surface area contributed by atoms with E-state index in [-0.39, 0.29) is 11.5 Å². The van der Waals surface area contributed by atoms with Gasteiger partial charge in [0, 0.05) is 19.2 Å². The van der Waals surface area contributed by atoms with Crippen molar-refractivity contribution in [2.24, 2.45) is 5.92 Å². The van der Waals surface area contributed by atoms with Crippen LogP contribution < -0.4 is 10.5 Å². The number of nitrogens with zero attached hydrogens (tertiary/aromatic N) is 3. The van der Waals surface area contributed by atoms with Gasteiger partial charge >= 0.3 is 5.97 Å². The molecule has 1 aliphatic heterocycles. The maximum atomic E-state index is 12.0. The minimum Gasteiger partial charge on any atom is -0.481 e. The van der Waals surface area contributed by atoms with Crippen LogP contribution in [0.1, 0.15) is 12.8 Å². The topological polar surface area (TPSA) is 75.4 Å². The number of piperidine rings is 1. The predicted octanol–water partition coefficient (Wildman–Crippen LogP) is 1.53.